The molecule has 1 heterocycles. The van der Waals surface area contributed by atoms with E-state index in [9.17, 15) is 13.6 Å². The molecule has 1 unspecified atom stereocenters. The molecule has 1 fully saturated rings. The molecule has 5 heteroatoms. The van der Waals surface area contributed by atoms with Crippen LogP contribution in [0.2, 0.25) is 0 Å². The van der Waals surface area contributed by atoms with Gasteiger partial charge in [-0.2, -0.15) is 5.10 Å². The van der Waals surface area contributed by atoms with Gasteiger partial charge in [-0.25, -0.2) is 8.78 Å². The lowest BCUT2D eigenvalue weighted by molar-refractivity contribution is -0.0479. The van der Waals surface area contributed by atoms with Gasteiger partial charge in [-0.15, -0.1) is 0 Å². The third-order valence-electron chi connectivity index (χ3n) is 3.42. The van der Waals surface area contributed by atoms with Gasteiger partial charge in [0.1, 0.15) is 5.69 Å². The molecule has 100 valence electrons. The molecule has 1 aromatic rings. The van der Waals surface area contributed by atoms with Gasteiger partial charge in [-0.05, 0) is 32.8 Å². The normalized spacial score (nSPS) is 23.3. The molecule has 1 aliphatic rings. The Kier molecular flexibility index (Phi) is 3.50. The van der Waals surface area contributed by atoms with E-state index in [0.717, 1.165) is 0 Å². The molecule has 0 spiro atoms. The largest absolute Gasteiger partial charge is 0.292 e. The van der Waals surface area contributed by atoms with Crippen molar-refractivity contribution in [3.63, 3.8) is 0 Å². The Balaban J connectivity index is 2.18. The summed E-state index contributed by atoms with van der Waals surface area (Å²) in [4.78, 5) is 12.3. The zero-order chi connectivity index (χ0) is 13.3. The minimum absolute atomic E-state index is 0.0584. The topological polar surface area (TPSA) is 34.9 Å². The van der Waals surface area contributed by atoms with E-state index in [4.69, 9.17) is 0 Å². The lowest BCUT2D eigenvalue weighted by Gasteiger charge is -2.28. The second-order valence-electron chi connectivity index (χ2n) is 5.27. The molecule has 1 aliphatic carbocycles. The first kappa shape index (κ1) is 13.2. The van der Waals surface area contributed by atoms with Crippen LogP contribution in [0.3, 0.4) is 0 Å². The number of hydrogen-bond acceptors (Lipinski definition) is 2. The first-order chi connectivity index (χ1) is 8.41. The number of aromatic nitrogens is 2. The first-order valence-corrected chi connectivity index (χ1v) is 6.36. The average molecular weight is 256 g/mol. The molecular weight excluding hydrogens is 238 g/mol. The maximum atomic E-state index is 13.3. The number of nitrogens with zero attached hydrogens (tertiary/aromatic N) is 2. The van der Waals surface area contributed by atoms with E-state index in [1.807, 2.05) is 13.8 Å². The second kappa shape index (κ2) is 4.78. The van der Waals surface area contributed by atoms with Crippen LogP contribution in [-0.4, -0.2) is 21.5 Å². The molecule has 0 bridgehead atoms. The summed E-state index contributed by atoms with van der Waals surface area (Å²) in [6, 6.07) is 1.68. The van der Waals surface area contributed by atoms with Crippen molar-refractivity contribution in [2.45, 2.75) is 51.5 Å². The SMILES string of the molecule is CC(C)n1nccc1C(=O)C1CCCC(F)(F)C1. The maximum absolute atomic E-state index is 13.3. The van der Waals surface area contributed by atoms with Crippen LogP contribution in [0.4, 0.5) is 8.78 Å². The van der Waals surface area contributed by atoms with Crippen LogP contribution >= 0.6 is 0 Å². The van der Waals surface area contributed by atoms with Crippen LogP contribution in [0.25, 0.3) is 0 Å². The molecule has 1 aromatic heterocycles. The fourth-order valence-electron chi connectivity index (χ4n) is 2.53. The summed E-state index contributed by atoms with van der Waals surface area (Å²) >= 11 is 0. The highest BCUT2D eigenvalue weighted by Crippen LogP contribution is 2.38. The number of rotatable bonds is 3. The van der Waals surface area contributed by atoms with Crippen molar-refractivity contribution in [1.29, 1.82) is 0 Å². The molecule has 0 saturated heterocycles. The number of ketones is 1. The zero-order valence-electron chi connectivity index (χ0n) is 10.7. The van der Waals surface area contributed by atoms with E-state index in [-0.39, 0.29) is 24.7 Å². The highest BCUT2D eigenvalue weighted by atomic mass is 19.3. The van der Waals surface area contributed by atoms with Gasteiger partial charge in [0.2, 0.25) is 5.92 Å². The summed E-state index contributed by atoms with van der Waals surface area (Å²) in [5.74, 6) is -3.45. The van der Waals surface area contributed by atoms with Crippen molar-refractivity contribution in [2.75, 3.05) is 0 Å². The fourth-order valence-corrected chi connectivity index (χ4v) is 2.53. The highest BCUT2D eigenvalue weighted by molar-refractivity contribution is 5.96. The molecule has 18 heavy (non-hydrogen) atoms. The Hall–Kier alpha value is -1.26. The number of alkyl halides is 2. The Bertz CT molecular complexity index is 440. The monoisotopic (exact) mass is 256 g/mol. The third-order valence-corrected chi connectivity index (χ3v) is 3.42. The number of Topliss-reactive ketones (excluding diaryl/α,β-unsaturated/α-hetero) is 1. The van der Waals surface area contributed by atoms with Crippen LogP contribution < -0.4 is 0 Å². The second-order valence-corrected chi connectivity index (χ2v) is 5.27. The predicted molar refractivity (Wildman–Crippen MR) is 63.8 cm³/mol. The van der Waals surface area contributed by atoms with E-state index in [0.29, 0.717) is 18.5 Å². The summed E-state index contributed by atoms with van der Waals surface area (Å²) in [5.41, 5.74) is 0.452. The van der Waals surface area contributed by atoms with Crippen LogP contribution in [0.1, 0.15) is 56.1 Å². The van der Waals surface area contributed by atoms with E-state index in [1.54, 1.807) is 16.9 Å². The van der Waals surface area contributed by atoms with E-state index >= 15 is 0 Å². The summed E-state index contributed by atoms with van der Waals surface area (Å²) in [6.45, 7) is 3.83. The summed E-state index contributed by atoms with van der Waals surface area (Å²) in [5, 5.41) is 4.08. The van der Waals surface area contributed by atoms with Crippen molar-refractivity contribution < 1.29 is 13.6 Å². The standard InChI is InChI=1S/C13H18F2N2O/c1-9(2)17-11(5-7-16-17)12(18)10-4-3-6-13(14,15)8-10/h5,7,9-10H,3-4,6,8H2,1-2H3. The van der Waals surface area contributed by atoms with E-state index in [1.165, 1.54) is 0 Å². The third kappa shape index (κ3) is 2.60. The van der Waals surface area contributed by atoms with Crippen molar-refractivity contribution >= 4 is 5.78 Å². The van der Waals surface area contributed by atoms with Gasteiger partial charge in [0.05, 0.1) is 0 Å². The summed E-state index contributed by atoms with van der Waals surface area (Å²) in [6.07, 6.45) is 2.10. The van der Waals surface area contributed by atoms with E-state index in [2.05, 4.69) is 5.10 Å². The average Bonchev–Trinajstić information content (AvgIpc) is 2.75. The Labute approximate surface area is 105 Å². The Morgan fingerprint density at radius 1 is 1.56 bits per heavy atom. The van der Waals surface area contributed by atoms with Gasteiger partial charge >= 0.3 is 0 Å². The lowest BCUT2D eigenvalue weighted by Crippen LogP contribution is -2.31. The number of hydrogen-bond donors (Lipinski definition) is 0. The van der Waals surface area contributed by atoms with E-state index < -0.39 is 11.8 Å². The lowest BCUT2D eigenvalue weighted by atomic mass is 9.83. The Morgan fingerprint density at radius 3 is 2.89 bits per heavy atom. The van der Waals surface area contributed by atoms with Crippen LogP contribution in [-0.2, 0) is 0 Å². The van der Waals surface area contributed by atoms with Gasteiger partial charge in [0.25, 0.3) is 0 Å². The molecule has 0 N–H and O–H groups in total. The van der Waals surface area contributed by atoms with Gasteiger partial charge in [-0.3, -0.25) is 9.48 Å². The quantitative estimate of drug-likeness (QED) is 0.776. The fraction of sp³-hybridized carbons (Fsp3) is 0.692. The van der Waals surface area contributed by atoms with Crippen molar-refractivity contribution in [1.82, 2.24) is 9.78 Å². The van der Waals surface area contributed by atoms with Crippen molar-refractivity contribution in [3.05, 3.63) is 18.0 Å². The van der Waals surface area contributed by atoms with Gasteiger partial charge < -0.3 is 0 Å². The smallest absolute Gasteiger partial charge is 0.248 e. The predicted octanol–water partition coefficient (Wildman–Crippen LogP) is 3.47. The zero-order valence-corrected chi connectivity index (χ0v) is 10.7. The van der Waals surface area contributed by atoms with Crippen LogP contribution in [0.15, 0.2) is 12.3 Å². The number of halogens is 2. The molecule has 0 aliphatic heterocycles. The molecule has 0 amide bonds. The van der Waals surface area contributed by atoms with Crippen LogP contribution in [0.5, 0.6) is 0 Å². The minimum atomic E-state index is -2.69. The maximum Gasteiger partial charge on any atom is 0.248 e. The molecule has 1 atom stereocenters. The highest BCUT2D eigenvalue weighted by Gasteiger charge is 2.40. The Morgan fingerprint density at radius 2 is 2.28 bits per heavy atom. The van der Waals surface area contributed by atoms with Gasteiger partial charge in [0, 0.05) is 31.0 Å². The van der Waals surface area contributed by atoms with Crippen molar-refractivity contribution in [3.8, 4) is 0 Å². The molecule has 0 radical (unpaired) electrons. The molecule has 3 nitrogen and oxygen atoms in total. The first-order valence-electron chi connectivity index (χ1n) is 6.36. The van der Waals surface area contributed by atoms with Gasteiger partial charge in [-0.1, -0.05) is 0 Å². The molecule has 0 aromatic carbocycles. The minimum Gasteiger partial charge on any atom is -0.292 e. The summed E-state index contributed by atoms with van der Waals surface area (Å²) in [7, 11) is 0. The van der Waals surface area contributed by atoms with Crippen molar-refractivity contribution in [2.24, 2.45) is 5.92 Å². The summed E-state index contributed by atoms with van der Waals surface area (Å²) < 4.78 is 28.3. The molecular formula is C13H18F2N2O. The van der Waals surface area contributed by atoms with Gasteiger partial charge in [0.15, 0.2) is 5.78 Å². The van der Waals surface area contributed by atoms with Crippen LogP contribution in [0, 0.1) is 5.92 Å². The number of carbonyl (C=O) groups is 1. The number of carbonyl (C=O) groups excluding carboxylic acids is 1. The molecule has 1 saturated carbocycles. The molecule has 2 rings (SSSR count).